The molecule has 1 amide bonds. The van der Waals surface area contributed by atoms with Crippen LogP contribution in [-0.2, 0) is 17.9 Å². The number of carbonyl (C=O) groups is 1. The van der Waals surface area contributed by atoms with Gasteiger partial charge in [-0.2, -0.15) is 5.10 Å². The van der Waals surface area contributed by atoms with E-state index < -0.39 is 0 Å². The van der Waals surface area contributed by atoms with Gasteiger partial charge in [0, 0.05) is 38.3 Å². The van der Waals surface area contributed by atoms with E-state index in [0.29, 0.717) is 6.54 Å². The molecule has 0 aliphatic rings. The van der Waals surface area contributed by atoms with Gasteiger partial charge in [0.2, 0.25) is 5.91 Å². The highest BCUT2D eigenvalue weighted by Crippen LogP contribution is 2.14. The predicted molar refractivity (Wildman–Crippen MR) is 59.5 cm³/mol. The van der Waals surface area contributed by atoms with Crippen LogP contribution < -0.4 is 0 Å². The highest BCUT2D eigenvalue weighted by atomic mass is 16.2. The molecule has 1 aromatic heterocycles. The fourth-order valence-electron chi connectivity index (χ4n) is 1.62. The summed E-state index contributed by atoms with van der Waals surface area (Å²) in [7, 11) is 1.81. The zero-order chi connectivity index (χ0) is 11.6. The van der Waals surface area contributed by atoms with Crippen molar-refractivity contribution < 1.29 is 4.79 Å². The largest absolute Gasteiger partial charge is 0.342 e. The van der Waals surface area contributed by atoms with E-state index in [9.17, 15) is 4.79 Å². The van der Waals surface area contributed by atoms with E-state index in [-0.39, 0.29) is 5.91 Å². The third-order valence-corrected chi connectivity index (χ3v) is 2.76. The van der Waals surface area contributed by atoms with Gasteiger partial charge in [0.25, 0.3) is 0 Å². The maximum Gasteiger partial charge on any atom is 0.219 e. The molecule has 0 fully saturated rings. The smallest absolute Gasteiger partial charge is 0.219 e. The van der Waals surface area contributed by atoms with Crippen molar-refractivity contribution in [3.8, 4) is 0 Å². The highest BCUT2D eigenvalue weighted by molar-refractivity contribution is 5.72. The Morgan fingerprint density at radius 3 is 2.47 bits per heavy atom. The van der Waals surface area contributed by atoms with Crippen LogP contribution >= 0.6 is 0 Å². The van der Waals surface area contributed by atoms with E-state index in [1.54, 1.807) is 11.8 Å². The molecule has 0 saturated carbocycles. The molecule has 4 nitrogen and oxygen atoms in total. The lowest BCUT2D eigenvalue weighted by atomic mass is 10.2. The summed E-state index contributed by atoms with van der Waals surface area (Å²) in [4.78, 5) is 12.9. The van der Waals surface area contributed by atoms with Crippen LogP contribution in [0.1, 0.15) is 30.8 Å². The van der Waals surface area contributed by atoms with Crippen LogP contribution in [0, 0.1) is 13.8 Å². The first-order valence-electron chi connectivity index (χ1n) is 5.22. The van der Waals surface area contributed by atoms with Crippen LogP contribution in [0.4, 0.5) is 0 Å². The second kappa shape index (κ2) is 4.47. The summed E-state index contributed by atoms with van der Waals surface area (Å²) in [6.07, 6.45) is 0. The quantitative estimate of drug-likeness (QED) is 0.756. The van der Waals surface area contributed by atoms with E-state index >= 15 is 0 Å². The maximum absolute atomic E-state index is 11.1. The van der Waals surface area contributed by atoms with Gasteiger partial charge in [0.15, 0.2) is 0 Å². The molecule has 0 aliphatic carbocycles. The second-order valence-electron chi connectivity index (χ2n) is 3.84. The average Bonchev–Trinajstić information content (AvgIpc) is 2.44. The number of aryl methyl sites for hydroxylation is 2. The van der Waals surface area contributed by atoms with Crippen molar-refractivity contribution in [3.63, 3.8) is 0 Å². The Kier molecular flexibility index (Phi) is 3.50. The van der Waals surface area contributed by atoms with E-state index in [2.05, 4.69) is 12.0 Å². The molecule has 84 valence electrons. The van der Waals surface area contributed by atoms with E-state index in [1.165, 1.54) is 0 Å². The van der Waals surface area contributed by atoms with Crippen LogP contribution in [0.2, 0.25) is 0 Å². The number of aromatic nitrogens is 2. The number of carbonyl (C=O) groups excluding carboxylic acids is 1. The maximum atomic E-state index is 11.1. The van der Waals surface area contributed by atoms with Gasteiger partial charge >= 0.3 is 0 Å². The van der Waals surface area contributed by atoms with Crippen molar-refractivity contribution in [2.45, 2.75) is 40.8 Å². The lowest BCUT2D eigenvalue weighted by Gasteiger charge is -2.14. The molecule has 0 aliphatic heterocycles. The minimum atomic E-state index is 0.0815. The summed E-state index contributed by atoms with van der Waals surface area (Å²) in [6, 6.07) is 0. The van der Waals surface area contributed by atoms with Gasteiger partial charge in [0.05, 0.1) is 5.69 Å². The summed E-state index contributed by atoms with van der Waals surface area (Å²) in [5.41, 5.74) is 3.33. The summed E-state index contributed by atoms with van der Waals surface area (Å²) >= 11 is 0. The monoisotopic (exact) mass is 209 g/mol. The van der Waals surface area contributed by atoms with E-state index in [0.717, 1.165) is 23.5 Å². The Hall–Kier alpha value is -1.32. The van der Waals surface area contributed by atoms with Crippen LogP contribution in [0.15, 0.2) is 0 Å². The SMILES string of the molecule is CCn1nc(C)c(CN(C)C(C)=O)c1C. The van der Waals surface area contributed by atoms with Crippen LogP contribution in [0.25, 0.3) is 0 Å². The first-order chi connectivity index (χ1) is 6.97. The molecule has 0 aromatic carbocycles. The molecule has 1 heterocycles. The Morgan fingerprint density at radius 1 is 1.47 bits per heavy atom. The highest BCUT2D eigenvalue weighted by Gasteiger charge is 2.13. The first kappa shape index (κ1) is 11.8. The van der Waals surface area contributed by atoms with Gasteiger partial charge < -0.3 is 4.90 Å². The molecule has 0 unspecified atom stereocenters. The molecule has 4 heteroatoms. The summed E-state index contributed by atoms with van der Waals surface area (Å²) < 4.78 is 1.97. The van der Waals surface area contributed by atoms with Crippen molar-refractivity contribution in [3.05, 3.63) is 17.0 Å². The van der Waals surface area contributed by atoms with Crippen molar-refractivity contribution in [2.24, 2.45) is 0 Å². The zero-order valence-corrected chi connectivity index (χ0v) is 10.2. The minimum absolute atomic E-state index is 0.0815. The fraction of sp³-hybridized carbons (Fsp3) is 0.636. The summed E-state index contributed by atoms with van der Waals surface area (Å²) in [6.45, 7) is 9.20. The fourth-order valence-corrected chi connectivity index (χ4v) is 1.62. The van der Waals surface area contributed by atoms with Crippen LogP contribution in [0.5, 0.6) is 0 Å². The number of amides is 1. The van der Waals surface area contributed by atoms with Gasteiger partial charge in [-0.05, 0) is 20.8 Å². The van der Waals surface area contributed by atoms with Crippen molar-refractivity contribution in [1.29, 1.82) is 0 Å². The van der Waals surface area contributed by atoms with Gasteiger partial charge in [-0.15, -0.1) is 0 Å². The lowest BCUT2D eigenvalue weighted by Crippen LogP contribution is -2.23. The Labute approximate surface area is 90.9 Å². The average molecular weight is 209 g/mol. The van der Waals surface area contributed by atoms with Gasteiger partial charge in [-0.1, -0.05) is 0 Å². The van der Waals surface area contributed by atoms with Crippen molar-refractivity contribution in [1.82, 2.24) is 14.7 Å². The van der Waals surface area contributed by atoms with Crippen molar-refractivity contribution in [2.75, 3.05) is 7.05 Å². The number of rotatable bonds is 3. The second-order valence-corrected chi connectivity index (χ2v) is 3.84. The molecule has 1 aromatic rings. The third kappa shape index (κ3) is 2.37. The zero-order valence-electron chi connectivity index (χ0n) is 10.2. The van der Waals surface area contributed by atoms with Gasteiger partial charge in [0.1, 0.15) is 0 Å². The molecule has 0 N–H and O–H groups in total. The van der Waals surface area contributed by atoms with Crippen LogP contribution in [-0.4, -0.2) is 27.6 Å². The Bertz CT molecular complexity index is 368. The normalized spacial score (nSPS) is 10.5. The molecule has 15 heavy (non-hydrogen) atoms. The first-order valence-corrected chi connectivity index (χ1v) is 5.22. The minimum Gasteiger partial charge on any atom is -0.342 e. The molecular formula is C11H19N3O. The molecule has 0 atom stereocenters. The standard InChI is InChI=1S/C11H19N3O/c1-6-14-9(3)11(8(2)12-14)7-13(5)10(4)15/h6-7H2,1-5H3. The van der Waals surface area contributed by atoms with Crippen LogP contribution in [0.3, 0.4) is 0 Å². The molecule has 0 spiro atoms. The van der Waals surface area contributed by atoms with Gasteiger partial charge in [-0.3, -0.25) is 9.48 Å². The van der Waals surface area contributed by atoms with Gasteiger partial charge in [-0.25, -0.2) is 0 Å². The molecule has 1 rings (SSSR count). The predicted octanol–water partition coefficient (Wildman–Crippen LogP) is 1.50. The molecule has 0 saturated heterocycles. The molecule has 0 radical (unpaired) electrons. The number of nitrogens with zero attached hydrogens (tertiary/aromatic N) is 3. The van der Waals surface area contributed by atoms with Crippen molar-refractivity contribution >= 4 is 5.91 Å². The Balaban J connectivity index is 2.94. The summed E-state index contributed by atoms with van der Waals surface area (Å²) in [5.74, 6) is 0.0815. The third-order valence-electron chi connectivity index (χ3n) is 2.76. The Morgan fingerprint density at radius 2 is 2.07 bits per heavy atom. The number of hydrogen-bond acceptors (Lipinski definition) is 2. The summed E-state index contributed by atoms with van der Waals surface area (Å²) in [5, 5.41) is 4.42. The van der Waals surface area contributed by atoms with E-state index in [1.807, 2.05) is 25.6 Å². The van der Waals surface area contributed by atoms with E-state index in [4.69, 9.17) is 0 Å². The number of hydrogen-bond donors (Lipinski definition) is 0. The molecule has 0 bridgehead atoms. The lowest BCUT2D eigenvalue weighted by molar-refractivity contribution is -0.128. The topological polar surface area (TPSA) is 38.1 Å². The molecular weight excluding hydrogens is 190 g/mol.